The fourth-order valence-corrected chi connectivity index (χ4v) is 4.82. The number of hydrogen-bond donors (Lipinski definition) is 0. The maximum Gasteiger partial charge on any atom is 0.310 e. The minimum absolute atomic E-state index is 0.0867. The van der Waals surface area contributed by atoms with Gasteiger partial charge in [-0.05, 0) is 32.6 Å². The Hall–Kier alpha value is -1.06. The molecule has 0 radical (unpaired) electrons. The van der Waals surface area contributed by atoms with Gasteiger partial charge in [-0.2, -0.15) is 0 Å². The van der Waals surface area contributed by atoms with Crippen LogP contribution < -0.4 is 0 Å². The Labute approximate surface area is 205 Å². The van der Waals surface area contributed by atoms with Crippen molar-refractivity contribution in [3.05, 3.63) is 0 Å². The molecule has 194 valence electrons. The molecule has 0 N–H and O–H groups in total. The quantitative estimate of drug-likeness (QED) is 0.133. The van der Waals surface area contributed by atoms with Gasteiger partial charge in [-0.1, -0.05) is 117 Å². The van der Waals surface area contributed by atoms with Crippen molar-refractivity contribution in [3.8, 4) is 0 Å². The molecule has 3 atom stereocenters. The van der Waals surface area contributed by atoms with Gasteiger partial charge in [0.25, 0.3) is 0 Å². The summed E-state index contributed by atoms with van der Waals surface area (Å²) in [6, 6.07) is 0. The van der Waals surface area contributed by atoms with Crippen LogP contribution in [-0.4, -0.2) is 24.6 Å². The molecule has 1 fully saturated rings. The first-order valence-corrected chi connectivity index (χ1v) is 14.5. The van der Waals surface area contributed by atoms with Crippen molar-refractivity contribution in [2.24, 2.45) is 11.8 Å². The van der Waals surface area contributed by atoms with Crippen molar-refractivity contribution in [2.45, 2.75) is 155 Å². The van der Waals surface area contributed by atoms with E-state index >= 15 is 0 Å². The van der Waals surface area contributed by atoms with Crippen LogP contribution in [0.5, 0.6) is 0 Å². The van der Waals surface area contributed by atoms with E-state index in [2.05, 4.69) is 6.92 Å². The number of carbonyl (C=O) groups excluding carboxylic acids is 2. The summed E-state index contributed by atoms with van der Waals surface area (Å²) >= 11 is 0. The van der Waals surface area contributed by atoms with E-state index in [9.17, 15) is 9.59 Å². The van der Waals surface area contributed by atoms with Crippen LogP contribution in [-0.2, 0) is 19.1 Å². The van der Waals surface area contributed by atoms with E-state index in [1.54, 1.807) is 0 Å². The van der Waals surface area contributed by atoms with Gasteiger partial charge in [-0.15, -0.1) is 0 Å². The number of carbonyl (C=O) groups is 2. The average Bonchev–Trinajstić information content (AvgIpc) is 2.83. The predicted octanol–water partition coefficient (Wildman–Crippen LogP) is 8.55. The molecule has 3 unspecified atom stereocenters. The predicted molar refractivity (Wildman–Crippen MR) is 137 cm³/mol. The molecule has 0 aromatic rings. The lowest BCUT2D eigenvalue weighted by Crippen LogP contribution is -2.36. The summed E-state index contributed by atoms with van der Waals surface area (Å²) in [5.74, 6) is -1.03. The van der Waals surface area contributed by atoms with E-state index in [-0.39, 0.29) is 29.9 Å². The topological polar surface area (TPSA) is 52.6 Å². The molecule has 1 aliphatic rings. The number of unbranched alkanes of at least 4 members (excludes halogenated alkanes) is 14. The molecular weight excluding hydrogens is 412 g/mol. The summed E-state index contributed by atoms with van der Waals surface area (Å²) in [5.41, 5.74) is 0. The SMILES string of the molecule is CCCCCCCCCCCCCCCCCOC(=O)C1CCCCC1C(=O)OC(C)CC. The van der Waals surface area contributed by atoms with E-state index in [1.807, 2.05) is 13.8 Å². The molecule has 0 spiro atoms. The maximum absolute atomic E-state index is 12.6. The smallest absolute Gasteiger partial charge is 0.310 e. The summed E-state index contributed by atoms with van der Waals surface area (Å²) in [7, 11) is 0. The summed E-state index contributed by atoms with van der Waals surface area (Å²) in [5, 5.41) is 0. The van der Waals surface area contributed by atoms with Crippen molar-refractivity contribution in [2.75, 3.05) is 6.61 Å². The van der Waals surface area contributed by atoms with Crippen molar-refractivity contribution in [1.29, 1.82) is 0 Å². The number of rotatable bonds is 20. The van der Waals surface area contributed by atoms with Gasteiger partial charge >= 0.3 is 11.9 Å². The van der Waals surface area contributed by atoms with Crippen molar-refractivity contribution >= 4 is 11.9 Å². The monoisotopic (exact) mass is 466 g/mol. The van der Waals surface area contributed by atoms with Gasteiger partial charge < -0.3 is 9.47 Å². The molecule has 33 heavy (non-hydrogen) atoms. The molecule has 0 aromatic carbocycles. The molecule has 1 aliphatic carbocycles. The summed E-state index contributed by atoms with van der Waals surface area (Å²) in [6.07, 6.45) is 24.1. The Bertz CT molecular complexity index is 490. The largest absolute Gasteiger partial charge is 0.465 e. The third-order valence-electron chi connectivity index (χ3n) is 7.26. The first-order valence-electron chi connectivity index (χ1n) is 14.5. The molecule has 0 heterocycles. The first-order chi connectivity index (χ1) is 16.1. The third kappa shape index (κ3) is 14.7. The van der Waals surface area contributed by atoms with E-state index < -0.39 is 0 Å². The van der Waals surface area contributed by atoms with Crippen LogP contribution in [0.2, 0.25) is 0 Å². The van der Waals surface area contributed by atoms with E-state index in [0.717, 1.165) is 44.9 Å². The van der Waals surface area contributed by atoms with Gasteiger partial charge in [-0.25, -0.2) is 0 Å². The fourth-order valence-electron chi connectivity index (χ4n) is 4.82. The maximum atomic E-state index is 12.6. The zero-order valence-electron chi connectivity index (χ0n) is 22.2. The summed E-state index contributed by atoms with van der Waals surface area (Å²) < 4.78 is 11.1. The highest BCUT2D eigenvalue weighted by atomic mass is 16.5. The third-order valence-corrected chi connectivity index (χ3v) is 7.26. The van der Waals surface area contributed by atoms with Gasteiger partial charge in [-0.3, -0.25) is 9.59 Å². The van der Waals surface area contributed by atoms with Crippen LogP contribution in [0.25, 0.3) is 0 Å². The lowest BCUT2D eigenvalue weighted by Gasteiger charge is -2.29. The Morgan fingerprint density at radius 3 is 1.55 bits per heavy atom. The van der Waals surface area contributed by atoms with Crippen molar-refractivity contribution in [3.63, 3.8) is 0 Å². The second kappa shape index (κ2) is 20.3. The highest BCUT2D eigenvalue weighted by Gasteiger charge is 2.38. The molecule has 0 aliphatic heterocycles. The zero-order chi connectivity index (χ0) is 24.2. The standard InChI is InChI=1S/C29H54O4/c1-4-6-7-8-9-10-11-12-13-14-15-16-17-18-21-24-32-28(30)26-22-19-20-23-27(26)29(31)33-25(3)5-2/h25-27H,4-24H2,1-3H3. The van der Waals surface area contributed by atoms with Crippen LogP contribution in [0.15, 0.2) is 0 Å². The molecule has 0 aromatic heterocycles. The minimum Gasteiger partial charge on any atom is -0.465 e. The van der Waals surface area contributed by atoms with E-state index in [1.165, 1.54) is 83.5 Å². The van der Waals surface area contributed by atoms with Gasteiger partial charge in [0.2, 0.25) is 0 Å². The molecule has 0 amide bonds. The number of esters is 2. The lowest BCUT2D eigenvalue weighted by atomic mass is 9.79. The van der Waals surface area contributed by atoms with Gasteiger partial charge in [0.05, 0.1) is 24.5 Å². The summed E-state index contributed by atoms with van der Waals surface area (Å²) in [6.45, 7) is 6.67. The van der Waals surface area contributed by atoms with Gasteiger partial charge in [0.1, 0.15) is 0 Å². The van der Waals surface area contributed by atoms with E-state index in [4.69, 9.17) is 9.47 Å². The van der Waals surface area contributed by atoms with Gasteiger partial charge in [0.15, 0.2) is 0 Å². The molecule has 4 heteroatoms. The van der Waals surface area contributed by atoms with Crippen LogP contribution in [0.1, 0.15) is 149 Å². The highest BCUT2D eigenvalue weighted by molar-refractivity contribution is 5.82. The second-order valence-electron chi connectivity index (χ2n) is 10.3. The van der Waals surface area contributed by atoms with Crippen LogP contribution in [0, 0.1) is 11.8 Å². The lowest BCUT2D eigenvalue weighted by molar-refractivity contribution is -0.165. The molecule has 0 saturated heterocycles. The molecule has 4 nitrogen and oxygen atoms in total. The number of hydrogen-bond acceptors (Lipinski definition) is 4. The highest BCUT2D eigenvalue weighted by Crippen LogP contribution is 2.32. The Morgan fingerprint density at radius 2 is 1.09 bits per heavy atom. The zero-order valence-corrected chi connectivity index (χ0v) is 22.2. The molecule has 0 bridgehead atoms. The average molecular weight is 467 g/mol. The van der Waals surface area contributed by atoms with Crippen molar-refractivity contribution < 1.29 is 19.1 Å². The number of ether oxygens (including phenoxy) is 2. The van der Waals surface area contributed by atoms with Crippen molar-refractivity contribution in [1.82, 2.24) is 0 Å². The first kappa shape index (κ1) is 30.0. The minimum atomic E-state index is -0.318. The van der Waals surface area contributed by atoms with Crippen LogP contribution in [0.3, 0.4) is 0 Å². The second-order valence-corrected chi connectivity index (χ2v) is 10.3. The molecule has 1 saturated carbocycles. The normalized spacial score (nSPS) is 19.2. The summed E-state index contributed by atoms with van der Waals surface area (Å²) in [4.78, 5) is 25.1. The van der Waals surface area contributed by atoms with Gasteiger partial charge in [0, 0.05) is 0 Å². The Balaban J connectivity index is 2.00. The van der Waals surface area contributed by atoms with Crippen LogP contribution >= 0.6 is 0 Å². The Morgan fingerprint density at radius 1 is 0.667 bits per heavy atom. The fraction of sp³-hybridized carbons (Fsp3) is 0.931. The van der Waals surface area contributed by atoms with E-state index in [0.29, 0.717) is 6.61 Å². The Kier molecular flexibility index (Phi) is 18.5. The van der Waals surface area contributed by atoms with Crippen LogP contribution in [0.4, 0.5) is 0 Å². The molecular formula is C29H54O4. The molecule has 1 rings (SSSR count).